The zero-order chi connectivity index (χ0) is 24.5. The number of benzene rings is 2. The topological polar surface area (TPSA) is 101 Å². The first-order valence-corrected chi connectivity index (χ1v) is 11.1. The lowest BCUT2D eigenvalue weighted by molar-refractivity contribution is 0.0176. The van der Waals surface area contributed by atoms with Crippen LogP contribution in [-0.4, -0.2) is 39.3 Å². The maximum absolute atomic E-state index is 13.5. The Bertz CT molecular complexity index is 1270. The summed E-state index contributed by atoms with van der Waals surface area (Å²) < 4.78 is 32.4. The van der Waals surface area contributed by atoms with Gasteiger partial charge in [-0.15, -0.1) is 10.2 Å². The van der Waals surface area contributed by atoms with E-state index in [4.69, 9.17) is 38.5 Å². The van der Waals surface area contributed by atoms with Crippen LogP contribution < -0.4 is 5.73 Å². The van der Waals surface area contributed by atoms with Gasteiger partial charge in [0, 0.05) is 36.2 Å². The van der Waals surface area contributed by atoms with Crippen LogP contribution in [0.25, 0.3) is 17.0 Å². The van der Waals surface area contributed by atoms with Gasteiger partial charge in [-0.05, 0) is 47.9 Å². The molecular formula is C23H21Cl2F2N5O2. The van der Waals surface area contributed by atoms with Gasteiger partial charge in [-0.25, -0.2) is 13.8 Å². The molecule has 0 unspecified atom stereocenters. The van der Waals surface area contributed by atoms with Gasteiger partial charge in [0.2, 0.25) is 11.8 Å². The molecule has 0 amide bonds. The molecule has 2 heterocycles. The number of aliphatic hydroxyl groups is 1. The van der Waals surface area contributed by atoms with Crippen LogP contribution in [-0.2, 0) is 12.5 Å². The highest BCUT2D eigenvalue weighted by Crippen LogP contribution is 2.35. The molecule has 4 rings (SSSR count). The highest BCUT2D eigenvalue weighted by Gasteiger charge is 2.27. The minimum Gasteiger partial charge on any atom is -0.418 e. The summed E-state index contributed by atoms with van der Waals surface area (Å²) in [6.07, 6.45) is 2.68. The van der Waals surface area contributed by atoms with E-state index in [0.29, 0.717) is 35.8 Å². The standard InChI is InChI=1S/C23H21Cl2F2N5O2/c1-23(26,27)17-5-3-15(11-19(17)25)29-22(28)32-8-6-13(7-9-32)16-4-2-14(10-18(16)24)21-31-30-20(12-33)34-21/h2-6,10-11,33H,7-9,12H2,1H3,(H2,28,29). The first-order valence-electron chi connectivity index (χ1n) is 10.3. The summed E-state index contributed by atoms with van der Waals surface area (Å²) in [6.45, 7) is 1.56. The van der Waals surface area contributed by atoms with E-state index in [9.17, 15) is 8.78 Å². The van der Waals surface area contributed by atoms with Gasteiger partial charge in [0.15, 0.2) is 5.96 Å². The molecule has 0 spiro atoms. The van der Waals surface area contributed by atoms with E-state index in [1.165, 1.54) is 18.2 Å². The van der Waals surface area contributed by atoms with Gasteiger partial charge in [-0.3, -0.25) is 0 Å². The maximum Gasteiger partial charge on any atom is 0.271 e. The van der Waals surface area contributed by atoms with E-state index in [-0.39, 0.29) is 34.9 Å². The van der Waals surface area contributed by atoms with Crippen molar-refractivity contribution in [1.29, 1.82) is 0 Å². The molecule has 2 aromatic carbocycles. The largest absolute Gasteiger partial charge is 0.418 e. The number of hydrogen-bond donors (Lipinski definition) is 2. The molecule has 1 aliphatic heterocycles. The van der Waals surface area contributed by atoms with Crippen molar-refractivity contribution in [3.8, 4) is 11.5 Å². The molecule has 0 bridgehead atoms. The van der Waals surface area contributed by atoms with Crippen molar-refractivity contribution in [3.63, 3.8) is 0 Å². The smallest absolute Gasteiger partial charge is 0.271 e. The number of aliphatic imine (C=N–C) groups is 1. The summed E-state index contributed by atoms with van der Waals surface area (Å²) in [4.78, 5) is 6.20. The zero-order valence-corrected chi connectivity index (χ0v) is 19.6. The molecule has 0 atom stereocenters. The van der Waals surface area contributed by atoms with Crippen molar-refractivity contribution in [3.05, 3.63) is 69.5 Å². The molecule has 11 heteroatoms. The van der Waals surface area contributed by atoms with Crippen LogP contribution in [0.3, 0.4) is 0 Å². The number of rotatable bonds is 5. The second-order valence-electron chi connectivity index (χ2n) is 7.80. The molecule has 1 aromatic heterocycles. The Labute approximate surface area is 204 Å². The third-order valence-electron chi connectivity index (χ3n) is 5.37. The van der Waals surface area contributed by atoms with Gasteiger partial charge in [0.1, 0.15) is 6.61 Å². The van der Waals surface area contributed by atoms with Crippen LogP contribution >= 0.6 is 23.2 Å². The van der Waals surface area contributed by atoms with E-state index in [0.717, 1.165) is 18.1 Å². The van der Waals surface area contributed by atoms with Crippen LogP contribution in [0.15, 0.2) is 51.9 Å². The van der Waals surface area contributed by atoms with Gasteiger partial charge in [0.05, 0.1) is 10.7 Å². The van der Waals surface area contributed by atoms with E-state index in [1.54, 1.807) is 6.07 Å². The van der Waals surface area contributed by atoms with E-state index in [1.807, 2.05) is 23.1 Å². The summed E-state index contributed by atoms with van der Waals surface area (Å²) in [5.74, 6) is -2.36. The summed E-state index contributed by atoms with van der Waals surface area (Å²) in [7, 11) is 0. The number of guanidine groups is 1. The molecule has 7 nitrogen and oxygen atoms in total. The number of nitrogens with two attached hydrogens (primary N) is 1. The third-order valence-corrected chi connectivity index (χ3v) is 5.99. The lowest BCUT2D eigenvalue weighted by atomic mass is 9.98. The minimum absolute atomic E-state index is 0.0615. The first-order chi connectivity index (χ1) is 16.2. The molecule has 178 valence electrons. The van der Waals surface area contributed by atoms with E-state index in [2.05, 4.69) is 15.2 Å². The molecule has 0 radical (unpaired) electrons. The molecule has 0 saturated carbocycles. The van der Waals surface area contributed by atoms with Crippen molar-refractivity contribution < 1.29 is 18.3 Å². The normalized spacial score (nSPS) is 14.9. The van der Waals surface area contributed by atoms with Crippen molar-refractivity contribution >= 4 is 40.4 Å². The number of alkyl halides is 2. The van der Waals surface area contributed by atoms with Crippen LogP contribution in [0.1, 0.15) is 30.4 Å². The molecule has 3 N–H and O–H groups in total. The monoisotopic (exact) mass is 507 g/mol. The van der Waals surface area contributed by atoms with Crippen molar-refractivity contribution in [1.82, 2.24) is 15.1 Å². The number of aromatic nitrogens is 2. The van der Waals surface area contributed by atoms with Crippen LogP contribution in [0.5, 0.6) is 0 Å². The highest BCUT2D eigenvalue weighted by molar-refractivity contribution is 6.32. The molecular weight excluding hydrogens is 487 g/mol. The summed E-state index contributed by atoms with van der Waals surface area (Å²) in [5, 5.41) is 17.2. The van der Waals surface area contributed by atoms with Gasteiger partial charge in [-0.1, -0.05) is 35.3 Å². The number of halogens is 4. The van der Waals surface area contributed by atoms with Crippen molar-refractivity contribution in [2.75, 3.05) is 13.1 Å². The van der Waals surface area contributed by atoms with E-state index >= 15 is 0 Å². The van der Waals surface area contributed by atoms with E-state index < -0.39 is 5.92 Å². The quantitative estimate of drug-likeness (QED) is 0.355. The van der Waals surface area contributed by atoms with Crippen LogP contribution in [0.4, 0.5) is 14.5 Å². The zero-order valence-electron chi connectivity index (χ0n) is 18.1. The lowest BCUT2D eigenvalue weighted by Gasteiger charge is -2.27. The predicted octanol–water partition coefficient (Wildman–Crippen LogP) is 5.38. The average molecular weight is 508 g/mol. The maximum atomic E-state index is 13.5. The fourth-order valence-electron chi connectivity index (χ4n) is 3.60. The summed E-state index contributed by atoms with van der Waals surface area (Å²) in [6, 6.07) is 9.54. The second-order valence-corrected chi connectivity index (χ2v) is 8.62. The second kappa shape index (κ2) is 9.69. The molecule has 34 heavy (non-hydrogen) atoms. The Balaban J connectivity index is 1.47. The molecule has 3 aromatic rings. The summed E-state index contributed by atoms with van der Waals surface area (Å²) >= 11 is 12.5. The Hall–Kier alpha value is -3.01. The summed E-state index contributed by atoms with van der Waals surface area (Å²) in [5.41, 5.74) is 8.88. The third kappa shape index (κ3) is 5.22. The van der Waals surface area contributed by atoms with Crippen LogP contribution in [0.2, 0.25) is 10.0 Å². The van der Waals surface area contributed by atoms with Gasteiger partial charge in [0.25, 0.3) is 5.92 Å². The number of aliphatic hydroxyl groups excluding tert-OH is 1. The average Bonchev–Trinajstić information content (AvgIpc) is 3.28. The van der Waals surface area contributed by atoms with Gasteiger partial charge >= 0.3 is 0 Å². The van der Waals surface area contributed by atoms with Crippen molar-refractivity contribution in [2.24, 2.45) is 10.7 Å². The number of nitrogens with zero attached hydrogens (tertiary/aromatic N) is 4. The van der Waals surface area contributed by atoms with Crippen LogP contribution in [0, 0.1) is 0 Å². The Kier molecular flexibility index (Phi) is 6.88. The Morgan fingerprint density at radius 3 is 2.59 bits per heavy atom. The Morgan fingerprint density at radius 1 is 1.21 bits per heavy atom. The predicted molar refractivity (Wildman–Crippen MR) is 127 cm³/mol. The molecule has 0 saturated heterocycles. The van der Waals surface area contributed by atoms with Gasteiger partial charge < -0.3 is 20.2 Å². The first kappa shape index (κ1) is 24.1. The molecule has 0 fully saturated rings. The fourth-order valence-corrected chi connectivity index (χ4v) is 4.24. The highest BCUT2D eigenvalue weighted by atomic mass is 35.5. The SMILES string of the molecule is CC(F)(F)c1ccc(N=C(N)N2CC=C(c3ccc(-c4nnc(CO)o4)cc3Cl)CC2)cc1Cl. The molecule has 0 aliphatic carbocycles. The number of hydrogen-bond acceptors (Lipinski definition) is 5. The fraction of sp³-hybridized carbons (Fsp3) is 0.261. The van der Waals surface area contributed by atoms with Crippen molar-refractivity contribution in [2.45, 2.75) is 25.9 Å². The lowest BCUT2D eigenvalue weighted by Crippen LogP contribution is -2.39. The Morgan fingerprint density at radius 2 is 2.00 bits per heavy atom. The molecule has 1 aliphatic rings. The minimum atomic E-state index is -3.04. The van der Waals surface area contributed by atoms with Gasteiger partial charge in [-0.2, -0.15) is 0 Å².